The van der Waals surface area contributed by atoms with Gasteiger partial charge in [-0.05, 0) is 99.3 Å². The van der Waals surface area contributed by atoms with Crippen molar-refractivity contribution in [3.05, 3.63) is 217 Å². The molecule has 8 aromatic carbocycles. The van der Waals surface area contributed by atoms with Crippen molar-refractivity contribution >= 4 is 44.6 Å². The van der Waals surface area contributed by atoms with Gasteiger partial charge in [-0.25, -0.2) is 9.37 Å². The van der Waals surface area contributed by atoms with Crippen LogP contribution in [0.3, 0.4) is 0 Å². The first kappa shape index (κ1) is 42.7. The number of nitrogens with zero attached hydrogens (tertiary/aromatic N) is 4. The second-order valence-electron chi connectivity index (χ2n) is 19.9. The van der Waals surface area contributed by atoms with Gasteiger partial charge in [0.2, 0.25) is 0 Å². The van der Waals surface area contributed by atoms with Crippen molar-refractivity contribution < 1.29 is 9.13 Å². The summed E-state index contributed by atoms with van der Waals surface area (Å²) in [5, 5.41) is 1.74. The van der Waals surface area contributed by atoms with Crippen LogP contribution in [0.5, 0.6) is 11.5 Å². The smallest absolute Gasteiger partial charge is 0.137 e. The standard InChI is InChI=1S/C62H53FN4O/c1-61(2,3)44-22-13-21-43(35-44)52-27-16-28-56-60(52)66(59-50(41-17-9-7-10-18-41)25-15-26-51(59)42-19-11-8-12-20-42)40-65(56)47-23-14-24-48(38-47)68-49-30-31-53-54-37-46(63)29-32-55(54)67(57(53)39-49)58-36-45(33-34-64-58)62(4,5)6/h7-39H,40H2,1-6H3. The molecule has 0 saturated carbocycles. The highest BCUT2D eigenvalue weighted by Gasteiger charge is 2.34. The van der Waals surface area contributed by atoms with E-state index in [2.05, 4.69) is 208 Å². The van der Waals surface area contributed by atoms with Gasteiger partial charge in [0, 0.05) is 51.5 Å². The number of aromatic nitrogens is 2. The predicted molar refractivity (Wildman–Crippen MR) is 281 cm³/mol. The molecule has 0 unspecified atom stereocenters. The third-order valence-corrected chi connectivity index (χ3v) is 13.3. The zero-order chi connectivity index (χ0) is 46.7. The van der Waals surface area contributed by atoms with Gasteiger partial charge in [-0.15, -0.1) is 0 Å². The zero-order valence-corrected chi connectivity index (χ0v) is 39.3. The first-order valence-electron chi connectivity index (χ1n) is 23.4. The van der Waals surface area contributed by atoms with Gasteiger partial charge < -0.3 is 14.5 Å². The molecule has 0 N–H and O–H groups in total. The topological polar surface area (TPSA) is 33.5 Å². The normalized spacial score (nSPS) is 12.8. The van der Waals surface area contributed by atoms with Crippen LogP contribution in [0.2, 0.25) is 0 Å². The minimum atomic E-state index is -0.280. The molecule has 0 fully saturated rings. The molecular formula is C62H53FN4O. The fraction of sp³-hybridized carbons (Fsp3) is 0.145. The van der Waals surface area contributed by atoms with E-state index < -0.39 is 0 Å². The van der Waals surface area contributed by atoms with Gasteiger partial charge in [0.1, 0.15) is 29.8 Å². The number of fused-ring (bicyclic) bond motifs is 4. The first-order valence-corrected chi connectivity index (χ1v) is 23.4. The molecule has 0 spiro atoms. The van der Waals surface area contributed by atoms with Gasteiger partial charge in [0.25, 0.3) is 0 Å². The molecule has 11 rings (SSSR count). The van der Waals surface area contributed by atoms with E-state index in [1.54, 1.807) is 6.07 Å². The molecule has 0 radical (unpaired) electrons. The average molecular weight is 889 g/mol. The maximum Gasteiger partial charge on any atom is 0.137 e. The third-order valence-electron chi connectivity index (χ3n) is 13.3. The van der Waals surface area contributed by atoms with Crippen molar-refractivity contribution in [1.29, 1.82) is 0 Å². The van der Waals surface area contributed by atoms with Crippen molar-refractivity contribution in [3.8, 4) is 50.7 Å². The van der Waals surface area contributed by atoms with Crippen molar-refractivity contribution in [3.63, 3.8) is 0 Å². The Balaban J connectivity index is 1.05. The monoisotopic (exact) mass is 888 g/mol. The van der Waals surface area contributed by atoms with Crippen molar-refractivity contribution in [2.75, 3.05) is 16.5 Å². The molecular weight excluding hydrogens is 836 g/mol. The van der Waals surface area contributed by atoms with E-state index >= 15 is 0 Å². The number of anilines is 4. The molecule has 0 atom stereocenters. The number of rotatable bonds is 8. The van der Waals surface area contributed by atoms with E-state index in [4.69, 9.17) is 9.72 Å². The molecule has 6 heteroatoms. The summed E-state index contributed by atoms with van der Waals surface area (Å²) in [6.07, 6.45) is 1.86. The highest BCUT2D eigenvalue weighted by Crippen LogP contribution is 2.54. The van der Waals surface area contributed by atoms with Crippen LogP contribution in [-0.2, 0) is 10.8 Å². The highest BCUT2D eigenvalue weighted by atomic mass is 19.1. The van der Waals surface area contributed by atoms with E-state index in [0.29, 0.717) is 18.2 Å². The number of benzene rings is 8. The van der Waals surface area contributed by atoms with Gasteiger partial charge in [-0.2, -0.15) is 0 Å². The number of ether oxygens (including phenoxy) is 1. The van der Waals surface area contributed by atoms with Gasteiger partial charge in [0.05, 0.1) is 28.1 Å². The summed E-state index contributed by atoms with van der Waals surface area (Å²) < 4.78 is 23.8. The molecule has 1 aliphatic heterocycles. The van der Waals surface area contributed by atoms with Gasteiger partial charge in [-0.3, -0.25) is 4.57 Å². The van der Waals surface area contributed by atoms with E-state index in [-0.39, 0.29) is 16.6 Å². The van der Waals surface area contributed by atoms with Crippen LogP contribution in [0.4, 0.5) is 27.1 Å². The molecule has 68 heavy (non-hydrogen) atoms. The number of hydrogen-bond acceptors (Lipinski definition) is 4. The lowest BCUT2D eigenvalue weighted by Crippen LogP contribution is -2.25. The number of hydrogen-bond donors (Lipinski definition) is 0. The Morgan fingerprint density at radius 1 is 0.471 bits per heavy atom. The summed E-state index contributed by atoms with van der Waals surface area (Å²) in [5.74, 6) is 1.86. The largest absolute Gasteiger partial charge is 0.457 e. The maximum atomic E-state index is 14.8. The molecule has 334 valence electrons. The number of para-hydroxylation sites is 2. The molecule has 1 aliphatic rings. The predicted octanol–water partition coefficient (Wildman–Crippen LogP) is 17.0. The Morgan fingerprint density at radius 3 is 1.79 bits per heavy atom. The lowest BCUT2D eigenvalue weighted by atomic mass is 9.85. The second-order valence-corrected chi connectivity index (χ2v) is 19.9. The van der Waals surface area contributed by atoms with Crippen LogP contribution in [0.1, 0.15) is 52.7 Å². The second kappa shape index (κ2) is 16.7. The molecule has 3 heterocycles. The molecule has 0 aliphatic carbocycles. The molecule has 5 nitrogen and oxygen atoms in total. The molecule has 2 aromatic heterocycles. The fourth-order valence-electron chi connectivity index (χ4n) is 9.79. The van der Waals surface area contributed by atoms with Crippen molar-refractivity contribution in [1.82, 2.24) is 9.55 Å². The van der Waals surface area contributed by atoms with E-state index in [1.807, 2.05) is 36.5 Å². The Kier molecular flexibility index (Phi) is 10.5. The van der Waals surface area contributed by atoms with Crippen LogP contribution in [-0.4, -0.2) is 16.2 Å². The Hall–Kier alpha value is -7.96. The zero-order valence-electron chi connectivity index (χ0n) is 39.3. The van der Waals surface area contributed by atoms with Gasteiger partial charge in [0.15, 0.2) is 0 Å². The summed E-state index contributed by atoms with van der Waals surface area (Å²) in [4.78, 5) is 9.76. The summed E-state index contributed by atoms with van der Waals surface area (Å²) in [6.45, 7) is 14.0. The quantitative estimate of drug-likeness (QED) is 0.152. The first-order chi connectivity index (χ1) is 32.9. The Labute approximate surface area is 398 Å². The fourth-order valence-corrected chi connectivity index (χ4v) is 9.79. The lowest BCUT2D eigenvalue weighted by molar-refractivity contribution is 0.483. The number of halogens is 1. The summed E-state index contributed by atoms with van der Waals surface area (Å²) in [6, 6.07) is 67.4. The van der Waals surface area contributed by atoms with E-state index in [0.717, 1.165) is 83.8 Å². The highest BCUT2D eigenvalue weighted by molar-refractivity contribution is 6.09. The average Bonchev–Trinajstić information content (AvgIpc) is 3.89. The van der Waals surface area contributed by atoms with Crippen LogP contribution in [0, 0.1) is 5.82 Å². The summed E-state index contributed by atoms with van der Waals surface area (Å²) in [7, 11) is 0. The molecule has 0 bridgehead atoms. The minimum absolute atomic E-state index is 0.0201. The summed E-state index contributed by atoms with van der Waals surface area (Å²) >= 11 is 0. The van der Waals surface area contributed by atoms with Crippen molar-refractivity contribution in [2.24, 2.45) is 0 Å². The van der Waals surface area contributed by atoms with Crippen LogP contribution in [0.25, 0.3) is 61.0 Å². The summed E-state index contributed by atoms with van der Waals surface area (Å²) in [5.41, 5.74) is 15.5. The van der Waals surface area contributed by atoms with Crippen LogP contribution >= 0.6 is 0 Å². The Morgan fingerprint density at radius 2 is 1.09 bits per heavy atom. The van der Waals surface area contributed by atoms with Gasteiger partial charge in [-0.1, -0.05) is 163 Å². The maximum absolute atomic E-state index is 14.8. The molecule has 0 saturated heterocycles. The van der Waals surface area contributed by atoms with Crippen LogP contribution in [0.15, 0.2) is 200 Å². The SMILES string of the molecule is CC(C)(C)c1cccc(-c2cccc3c2N(c2c(-c4ccccc4)cccc2-c2ccccc2)CN3c2cccc(Oc3ccc4c5cc(F)ccc5n(-c5cc(C(C)(C)C)ccn5)c4c3)c2)c1. The minimum Gasteiger partial charge on any atom is -0.457 e. The van der Waals surface area contributed by atoms with Gasteiger partial charge >= 0.3 is 0 Å². The lowest BCUT2D eigenvalue weighted by Gasteiger charge is -2.28. The third kappa shape index (κ3) is 7.76. The molecule has 0 amide bonds. The van der Waals surface area contributed by atoms with E-state index in [9.17, 15) is 4.39 Å². The Bertz CT molecular complexity index is 3450. The molecule has 10 aromatic rings. The van der Waals surface area contributed by atoms with E-state index in [1.165, 1.54) is 17.2 Å². The number of pyridine rings is 1. The van der Waals surface area contributed by atoms with Crippen molar-refractivity contribution in [2.45, 2.75) is 52.4 Å². The van der Waals surface area contributed by atoms with Crippen LogP contribution < -0.4 is 14.5 Å².